The average molecular weight is 274 g/mol. The average Bonchev–Trinajstić information content (AvgIpc) is 2.26. The van der Waals surface area contributed by atoms with Crippen molar-refractivity contribution in [1.82, 2.24) is 0 Å². The third-order valence-electron chi connectivity index (χ3n) is 2.82. The van der Waals surface area contributed by atoms with Crippen molar-refractivity contribution in [3.05, 3.63) is 42.0 Å². The second-order valence-corrected chi connectivity index (χ2v) is 5.72. The second-order valence-electron chi connectivity index (χ2n) is 4.33. The number of hydrogen-bond acceptors (Lipinski definition) is 2. The Morgan fingerprint density at radius 2 is 1.61 bits per heavy atom. The molecule has 0 aliphatic carbocycles. The quantitative estimate of drug-likeness (QED) is 0.634. The fraction of sp³-hybridized carbons (Fsp3) is 0.231. The van der Waals surface area contributed by atoms with Crippen LogP contribution in [-0.2, 0) is 10.1 Å². The van der Waals surface area contributed by atoms with E-state index in [2.05, 4.69) is 13.8 Å². The summed E-state index contributed by atoms with van der Waals surface area (Å²) in [5, 5.41) is 1.44. The third-order valence-corrected chi connectivity index (χ3v) is 3.73. The van der Waals surface area contributed by atoms with Crippen molar-refractivity contribution in [3.8, 4) is 0 Å². The Labute approximate surface area is 131 Å². The van der Waals surface area contributed by atoms with Crippen LogP contribution in [0.2, 0.25) is 0 Å². The summed E-state index contributed by atoms with van der Waals surface area (Å²) in [6.45, 7) is 4.10. The molecule has 0 unspecified atom stereocenters. The van der Waals surface area contributed by atoms with Crippen molar-refractivity contribution in [2.24, 2.45) is 0 Å². The van der Waals surface area contributed by atoms with E-state index in [4.69, 9.17) is 0 Å². The molecule has 0 radical (unpaired) electrons. The van der Waals surface area contributed by atoms with E-state index in [0.29, 0.717) is 11.3 Å². The second kappa shape index (κ2) is 5.72. The minimum absolute atomic E-state index is 0. The van der Waals surface area contributed by atoms with E-state index in [0.717, 1.165) is 10.9 Å². The Morgan fingerprint density at radius 3 is 2.11 bits per heavy atom. The van der Waals surface area contributed by atoms with Gasteiger partial charge in [-0.2, -0.15) is 8.42 Å². The third kappa shape index (κ3) is 2.95. The topological polar surface area (TPSA) is 54.4 Å². The van der Waals surface area contributed by atoms with Gasteiger partial charge in [-0.3, -0.25) is 4.55 Å². The van der Waals surface area contributed by atoms with Crippen LogP contribution in [0.3, 0.4) is 0 Å². The Morgan fingerprint density at radius 1 is 1.06 bits per heavy atom. The molecule has 92 valence electrons. The van der Waals surface area contributed by atoms with Crippen molar-refractivity contribution < 1.29 is 44.0 Å². The predicted octanol–water partition coefficient (Wildman–Crippen LogP) is 0.326. The summed E-state index contributed by atoms with van der Waals surface area (Å²) in [6, 6.07) is 10.4. The summed E-state index contributed by atoms with van der Waals surface area (Å²) < 4.78 is 31.8. The van der Waals surface area contributed by atoms with Crippen LogP contribution in [0.1, 0.15) is 26.8 Å². The first-order valence-electron chi connectivity index (χ1n) is 5.40. The summed E-state index contributed by atoms with van der Waals surface area (Å²) in [7, 11) is -4.17. The molecule has 5 heteroatoms. The first kappa shape index (κ1) is 15.7. The summed E-state index contributed by atoms with van der Waals surface area (Å²) in [5.74, 6) is 0.301. The van der Waals surface area contributed by atoms with Crippen LogP contribution < -0.4 is 29.6 Å². The molecule has 18 heavy (non-hydrogen) atoms. The van der Waals surface area contributed by atoms with Crippen molar-refractivity contribution in [2.45, 2.75) is 24.7 Å². The van der Waals surface area contributed by atoms with E-state index in [1.807, 2.05) is 12.1 Å². The van der Waals surface area contributed by atoms with Crippen molar-refractivity contribution in [1.29, 1.82) is 0 Å². The minimum atomic E-state index is -4.17. The SMILES string of the molecule is CC(C)c1ccc(S(=O)(=O)O)c2ccccc12.[H-].[Na+]. The molecule has 0 aliphatic rings. The van der Waals surface area contributed by atoms with Gasteiger partial charge in [0.2, 0.25) is 0 Å². The van der Waals surface area contributed by atoms with Gasteiger partial charge in [0.1, 0.15) is 4.90 Å². The molecule has 2 rings (SSSR count). The van der Waals surface area contributed by atoms with Gasteiger partial charge in [-0.1, -0.05) is 44.2 Å². The molecule has 0 aromatic heterocycles. The van der Waals surface area contributed by atoms with Crippen LogP contribution in [0.15, 0.2) is 41.3 Å². The van der Waals surface area contributed by atoms with Crippen LogP contribution >= 0.6 is 0 Å². The Balaban J connectivity index is 0.00000162. The van der Waals surface area contributed by atoms with Crippen molar-refractivity contribution >= 4 is 20.9 Å². The zero-order valence-electron chi connectivity index (χ0n) is 11.7. The van der Waals surface area contributed by atoms with Gasteiger partial charge in [0.15, 0.2) is 0 Å². The number of rotatable bonds is 2. The molecule has 0 heterocycles. The fourth-order valence-corrected chi connectivity index (χ4v) is 2.72. The zero-order valence-corrected chi connectivity index (χ0v) is 13.5. The number of benzene rings is 2. The molecule has 0 saturated heterocycles. The number of hydrogen-bond donors (Lipinski definition) is 1. The van der Waals surface area contributed by atoms with E-state index in [9.17, 15) is 13.0 Å². The maximum atomic E-state index is 11.3. The molecular weight excluding hydrogens is 259 g/mol. The van der Waals surface area contributed by atoms with Crippen LogP contribution in [0.4, 0.5) is 0 Å². The van der Waals surface area contributed by atoms with Gasteiger partial charge in [-0.25, -0.2) is 0 Å². The molecule has 0 bridgehead atoms. The van der Waals surface area contributed by atoms with E-state index in [1.165, 1.54) is 6.07 Å². The van der Waals surface area contributed by atoms with Crippen LogP contribution in [-0.4, -0.2) is 13.0 Å². The maximum absolute atomic E-state index is 11.3. The smallest absolute Gasteiger partial charge is 1.00 e. The monoisotopic (exact) mass is 274 g/mol. The molecule has 0 spiro atoms. The molecule has 0 saturated carbocycles. The van der Waals surface area contributed by atoms with E-state index < -0.39 is 10.1 Å². The summed E-state index contributed by atoms with van der Waals surface area (Å²) >= 11 is 0. The van der Waals surface area contributed by atoms with Crippen LogP contribution in [0.25, 0.3) is 10.8 Å². The Bertz CT molecular complexity index is 669. The summed E-state index contributed by atoms with van der Waals surface area (Å²) in [6.07, 6.45) is 0. The van der Waals surface area contributed by atoms with Gasteiger partial charge in [-0.05, 0) is 22.9 Å². The van der Waals surface area contributed by atoms with Crippen LogP contribution in [0, 0.1) is 0 Å². The van der Waals surface area contributed by atoms with Gasteiger partial charge in [-0.15, -0.1) is 0 Å². The van der Waals surface area contributed by atoms with E-state index >= 15 is 0 Å². The maximum Gasteiger partial charge on any atom is 1.00 e. The van der Waals surface area contributed by atoms with Gasteiger partial charge in [0.05, 0.1) is 0 Å². The summed E-state index contributed by atoms with van der Waals surface area (Å²) in [5.41, 5.74) is 1.08. The van der Waals surface area contributed by atoms with Gasteiger partial charge in [0, 0.05) is 5.39 Å². The number of fused-ring (bicyclic) bond motifs is 1. The molecule has 0 fully saturated rings. The molecular formula is C13H15NaO3S. The van der Waals surface area contributed by atoms with Crippen molar-refractivity contribution in [2.75, 3.05) is 0 Å². The largest absolute Gasteiger partial charge is 1.00 e. The molecule has 0 atom stereocenters. The molecule has 2 aromatic carbocycles. The molecule has 3 nitrogen and oxygen atoms in total. The van der Waals surface area contributed by atoms with E-state index in [-0.39, 0.29) is 35.9 Å². The molecule has 0 amide bonds. The molecule has 2 aromatic rings. The zero-order chi connectivity index (χ0) is 12.6. The van der Waals surface area contributed by atoms with E-state index in [1.54, 1.807) is 18.2 Å². The van der Waals surface area contributed by atoms with Gasteiger partial charge >= 0.3 is 29.6 Å². The Kier molecular flexibility index (Phi) is 4.98. The van der Waals surface area contributed by atoms with Crippen molar-refractivity contribution in [3.63, 3.8) is 0 Å². The predicted molar refractivity (Wildman–Crippen MR) is 69.0 cm³/mol. The standard InChI is InChI=1S/C13H14O3S.Na.H/c1-9(2)10-7-8-13(17(14,15)16)12-6-4-3-5-11(10)12;;/h3-9H,1-2H3,(H,14,15,16);;/q;+1;-1. The first-order valence-corrected chi connectivity index (χ1v) is 6.84. The Hall–Kier alpha value is -0.390. The van der Waals surface area contributed by atoms with Crippen LogP contribution in [0.5, 0.6) is 0 Å². The normalized spacial score (nSPS) is 11.6. The first-order chi connectivity index (χ1) is 7.91. The molecule has 1 N–H and O–H groups in total. The minimum Gasteiger partial charge on any atom is -1.00 e. The summed E-state index contributed by atoms with van der Waals surface area (Å²) in [4.78, 5) is -0.0301. The van der Waals surface area contributed by atoms with Gasteiger partial charge in [0.25, 0.3) is 10.1 Å². The van der Waals surface area contributed by atoms with Gasteiger partial charge < -0.3 is 1.43 Å². The fourth-order valence-electron chi connectivity index (χ4n) is 2.02. The molecule has 0 aliphatic heterocycles.